The summed E-state index contributed by atoms with van der Waals surface area (Å²) in [5.41, 5.74) is 0. The molecule has 0 unspecified atom stereocenters. The summed E-state index contributed by atoms with van der Waals surface area (Å²) >= 11 is 0. The largest absolute Gasteiger partial charge is 0.465 e. The maximum Gasteiger partial charge on any atom is 0.308 e. The summed E-state index contributed by atoms with van der Waals surface area (Å²) in [6, 6.07) is 0. The number of carbonyl (C=O) groups is 1. The maximum absolute atomic E-state index is 11.5. The smallest absolute Gasteiger partial charge is 0.308 e. The van der Waals surface area contributed by atoms with Crippen molar-refractivity contribution in [2.75, 3.05) is 6.61 Å². The first-order chi connectivity index (χ1) is 7.11. The molecule has 0 atom stereocenters. The van der Waals surface area contributed by atoms with Gasteiger partial charge in [-0.3, -0.25) is 4.79 Å². The molecule has 0 rings (SSSR count). The zero-order chi connectivity index (χ0) is 11.7. The Morgan fingerprint density at radius 1 is 1.13 bits per heavy atom. The van der Waals surface area contributed by atoms with Gasteiger partial charge in [0.25, 0.3) is 0 Å². The zero-order valence-electron chi connectivity index (χ0n) is 10.7. The number of hydrogen-bond donors (Lipinski definition) is 0. The molecule has 0 aromatic heterocycles. The van der Waals surface area contributed by atoms with Gasteiger partial charge in [0, 0.05) is 0 Å². The van der Waals surface area contributed by atoms with Crippen molar-refractivity contribution in [3.05, 3.63) is 0 Å². The monoisotopic (exact) mass is 214 g/mol. The molecule has 0 spiro atoms. The normalized spacial score (nSPS) is 11.1. The second kappa shape index (κ2) is 8.75. The van der Waals surface area contributed by atoms with E-state index in [0.717, 1.165) is 31.6 Å². The van der Waals surface area contributed by atoms with Crippen LogP contribution in [0.4, 0.5) is 0 Å². The molecule has 90 valence electrons. The van der Waals surface area contributed by atoms with Gasteiger partial charge in [0.15, 0.2) is 0 Å². The van der Waals surface area contributed by atoms with Gasteiger partial charge in [-0.1, -0.05) is 34.1 Å². The summed E-state index contributed by atoms with van der Waals surface area (Å²) in [6.45, 7) is 9.11. The van der Waals surface area contributed by atoms with E-state index >= 15 is 0 Å². The number of unbranched alkanes of at least 4 members (excludes halogenated alkanes) is 1. The second-order valence-electron chi connectivity index (χ2n) is 4.57. The van der Waals surface area contributed by atoms with Crippen LogP contribution in [0.3, 0.4) is 0 Å². The van der Waals surface area contributed by atoms with E-state index in [1.54, 1.807) is 0 Å². The minimum atomic E-state index is -0.00968. The Bertz CT molecular complexity index is 160. The highest BCUT2D eigenvalue weighted by Gasteiger charge is 2.14. The third kappa shape index (κ3) is 7.40. The number of carbonyl (C=O) groups excluding carboxylic acids is 1. The van der Waals surface area contributed by atoms with Crippen molar-refractivity contribution in [3.8, 4) is 0 Å². The van der Waals surface area contributed by atoms with Gasteiger partial charge in [0.2, 0.25) is 0 Å². The van der Waals surface area contributed by atoms with E-state index in [4.69, 9.17) is 4.74 Å². The summed E-state index contributed by atoms with van der Waals surface area (Å²) in [5.74, 6) is 0.847. The molecule has 0 saturated heterocycles. The molecule has 0 aliphatic rings. The highest BCUT2D eigenvalue weighted by molar-refractivity contribution is 5.72. The van der Waals surface area contributed by atoms with E-state index < -0.39 is 0 Å². The zero-order valence-corrected chi connectivity index (χ0v) is 10.7. The molecule has 2 nitrogen and oxygen atoms in total. The van der Waals surface area contributed by atoms with Crippen molar-refractivity contribution >= 4 is 5.97 Å². The number of rotatable bonds is 8. The molecular weight excluding hydrogens is 188 g/mol. The van der Waals surface area contributed by atoms with Gasteiger partial charge in [0.1, 0.15) is 0 Å². The van der Waals surface area contributed by atoms with Crippen LogP contribution in [0.1, 0.15) is 59.8 Å². The topological polar surface area (TPSA) is 26.3 Å². The van der Waals surface area contributed by atoms with Gasteiger partial charge < -0.3 is 4.74 Å². The maximum atomic E-state index is 11.5. The molecule has 0 radical (unpaired) electrons. The van der Waals surface area contributed by atoms with Crippen molar-refractivity contribution in [1.82, 2.24) is 0 Å². The molecule has 15 heavy (non-hydrogen) atoms. The Morgan fingerprint density at radius 3 is 2.20 bits per heavy atom. The fraction of sp³-hybridized carbons (Fsp3) is 0.923. The van der Waals surface area contributed by atoms with Crippen molar-refractivity contribution in [1.29, 1.82) is 0 Å². The van der Waals surface area contributed by atoms with Crippen LogP contribution in [0.25, 0.3) is 0 Å². The first kappa shape index (κ1) is 14.5. The fourth-order valence-corrected chi connectivity index (χ4v) is 1.57. The summed E-state index contributed by atoms with van der Waals surface area (Å²) in [5, 5.41) is 0. The molecule has 0 aliphatic heterocycles. The molecule has 0 aromatic carbocycles. The first-order valence-electron chi connectivity index (χ1n) is 6.28. The Morgan fingerprint density at radius 2 is 1.73 bits per heavy atom. The molecule has 2 heteroatoms. The summed E-state index contributed by atoms with van der Waals surface area (Å²) in [7, 11) is 0. The van der Waals surface area contributed by atoms with E-state index in [2.05, 4.69) is 13.8 Å². The third-order valence-corrected chi connectivity index (χ3v) is 2.74. The number of hydrogen-bond acceptors (Lipinski definition) is 2. The predicted octanol–water partition coefficient (Wildman–Crippen LogP) is 3.79. The van der Waals surface area contributed by atoms with Gasteiger partial charge in [-0.2, -0.15) is 0 Å². The summed E-state index contributed by atoms with van der Waals surface area (Å²) < 4.78 is 5.23. The lowest BCUT2D eigenvalue weighted by Gasteiger charge is -2.11. The standard InChI is InChI=1S/C13H26O2/c1-5-12(6-2)13(14)15-10-8-7-9-11(3)4/h11-12H,5-10H2,1-4H3. The average Bonchev–Trinajstić information content (AvgIpc) is 2.18. The second-order valence-corrected chi connectivity index (χ2v) is 4.57. The molecule has 0 bridgehead atoms. The molecule has 0 aliphatic carbocycles. The minimum absolute atomic E-state index is 0.00968. The van der Waals surface area contributed by atoms with E-state index in [9.17, 15) is 4.79 Å². The highest BCUT2D eigenvalue weighted by atomic mass is 16.5. The van der Waals surface area contributed by atoms with Crippen LogP contribution in [0.2, 0.25) is 0 Å². The van der Waals surface area contributed by atoms with Crippen LogP contribution in [0, 0.1) is 11.8 Å². The van der Waals surface area contributed by atoms with Crippen LogP contribution in [0.15, 0.2) is 0 Å². The van der Waals surface area contributed by atoms with Crippen molar-refractivity contribution in [2.24, 2.45) is 11.8 Å². The Balaban J connectivity index is 3.46. The van der Waals surface area contributed by atoms with Crippen LogP contribution in [-0.2, 0) is 9.53 Å². The van der Waals surface area contributed by atoms with E-state index in [0.29, 0.717) is 6.61 Å². The lowest BCUT2D eigenvalue weighted by molar-refractivity contribution is -0.148. The van der Waals surface area contributed by atoms with E-state index in [1.165, 1.54) is 6.42 Å². The van der Waals surface area contributed by atoms with Crippen LogP contribution < -0.4 is 0 Å². The molecule has 0 saturated carbocycles. The summed E-state index contributed by atoms with van der Waals surface area (Å²) in [4.78, 5) is 11.5. The molecular formula is C13H26O2. The minimum Gasteiger partial charge on any atom is -0.465 e. The van der Waals surface area contributed by atoms with Crippen LogP contribution in [-0.4, -0.2) is 12.6 Å². The number of ether oxygens (including phenoxy) is 1. The van der Waals surface area contributed by atoms with Gasteiger partial charge in [-0.25, -0.2) is 0 Å². The molecule has 0 N–H and O–H groups in total. The Labute approximate surface area is 94.4 Å². The van der Waals surface area contributed by atoms with Crippen LogP contribution in [0.5, 0.6) is 0 Å². The SMILES string of the molecule is CCC(CC)C(=O)OCCCCC(C)C. The molecule has 0 heterocycles. The highest BCUT2D eigenvalue weighted by Crippen LogP contribution is 2.11. The van der Waals surface area contributed by atoms with Gasteiger partial charge in [0.05, 0.1) is 12.5 Å². The predicted molar refractivity (Wildman–Crippen MR) is 63.7 cm³/mol. The van der Waals surface area contributed by atoms with Crippen molar-refractivity contribution in [3.63, 3.8) is 0 Å². The van der Waals surface area contributed by atoms with E-state index in [-0.39, 0.29) is 11.9 Å². The lowest BCUT2D eigenvalue weighted by atomic mass is 10.0. The summed E-state index contributed by atoms with van der Waals surface area (Å²) in [6.07, 6.45) is 5.17. The fourth-order valence-electron chi connectivity index (χ4n) is 1.57. The third-order valence-electron chi connectivity index (χ3n) is 2.74. The molecule has 0 fully saturated rings. The van der Waals surface area contributed by atoms with Crippen LogP contribution >= 0.6 is 0 Å². The molecule has 0 amide bonds. The Hall–Kier alpha value is -0.530. The van der Waals surface area contributed by atoms with E-state index in [1.807, 2.05) is 13.8 Å². The number of esters is 1. The van der Waals surface area contributed by atoms with Gasteiger partial charge in [-0.05, 0) is 31.6 Å². The van der Waals surface area contributed by atoms with Gasteiger partial charge >= 0.3 is 5.97 Å². The van der Waals surface area contributed by atoms with Crippen molar-refractivity contribution < 1.29 is 9.53 Å². The van der Waals surface area contributed by atoms with Gasteiger partial charge in [-0.15, -0.1) is 0 Å². The quantitative estimate of drug-likeness (QED) is 0.454. The average molecular weight is 214 g/mol. The van der Waals surface area contributed by atoms with Crippen molar-refractivity contribution in [2.45, 2.75) is 59.8 Å². The molecule has 0 aromatic rings. The first-order valence-corrected chi connectivity index (χ1v) is 6.28. The Kier molecular flexibility index (Phi) is 8.44. The lowest BCUT2D eigenvalue weighted by Crippen LogP contribution is -2.16.